The molecule has 2 heterocycles. The van der Waals surface area contributed by atoms with E-state index in [0.29, 0.717) is 19.5 Å². The molecule has 0 radical (unpaired) electrons. The van der Waals surface area contributed by atoms with E-state index in [1.807, 2.05) is 78.6 Å². The van der Waals surface area contributed by atoms with Gasteiger partial charge in [0.05, 0.1) is 25.1 Å². The zero-order valence-electron chi connectivity index (χ0n) is 20.7. The Morgan fingerprint density at radius 1 is 0.889 bits per heavy atom. The summed E-state index contributed by atoms with van der Waals surface area (Å²) in [6.07, 6.45) is 0.712. The first-order chi connectivity index (χ1) is 17.6. The van der Waals surface area contributed by atoms with Crippen LogP contribution in [0.25, 0.3) is 0 Å². The monoisotopic (exact) mass is 481 g/mol. The molecule has 0 saturated carbocycles. The number of benzene rings is 3. The highest BCUT2D eigenvalue weighted by Gasteiger charge is 2.45. The van der Waals surface area contributed by atoms with Gasteiger partial charge in [-0.05, 0) is 30.0 Å². The van der Waals surface area contributed by atoms with Gasteiger partial charge in [-0.3, -0.25) is 19.6 Å². The van der Waals surface area contributed by atoms with Crippen LogP contribution in [0.5, 0.6) is 0 Å². The van der Waals surface area contributed by atoms with Gasteiger partial charge in [0.15, 0.2) is 0 Å². The van der Waals surface area contributed by atoms with E-state index in [0.717, 1.165) is 22.5 Å². The number of carbonyl (C=O) groups excluding carboxylic acids is 2. The van der Waals surface area contributed by atoms with Crippen LogP contribution in [0.1, 0.15) is 42.1 Å². The van der Waals surface area contributed by atoms with E-state index < -0.39 is 6.04 Å². The molecule has 3 unspecified atom stereocenters. The van der Waals surface area contributed by atoms with Crippen molar-refractivity contribution < 1.29 is 14.3 Å². The predicted molar refractivity (Wildman–Crippen MR) is 139 cm³/mol. The second-order valence-electron chi connectivity index (χ2n) is 9.40. The average Bonchev–Trinajstić information content (AvgIpc) is 2.93. The number of nitrogens with zero attached hydrogens (tertiary/aromatic N) is 3. The van der Waals surface area contributed by atoms with Gasteiger partial charge in [-0.2, -0.15) is 0 Å². The number of likely N-dealkylation sites (tertiary alicyclic amines) is 1. The molecular weight excluding hydrogens is 450 g/mol. The molecular formula is C30H31N3O3. The lowest BCUT2D eigenvalue weighted by Crippen LogP contribution is -2.57. The third kappa shape index (κ3) is 4.56. The molecule has 3 atom stereocenters. The molecule has 0 N–H and O–H groups in total. The number of esters is 1. The maximum absolute atomic E-state index is 14.2. The molecule has 2 aliphatic rings. The van der Waals surface area contributed by atoms with E-state index in [4.69, 9.17) is 9.73 Å². The van der Waals surface area contributed by atoms with Crippen LogP contribution >= 0.6 is 0 Å². The Labute approximate surface area is 212 Å². The quantitative estimate of drug-likeness (QED) is 0.481. The summed E-state index contributed by atoms with van der Waals surface area (Å²) in [6.45, 7) is 3.04. The predicted octanol–water partition coefficient (Wildman–Crippen LogP) is 4.64. The molecule has 1 fully saturated rings. The van der Waals surface area contributed by atoms with Gasteiger partial charge in [0.1, 0.15) is 11.9 Å². The molecule has 6 heteroatoms. The number of methoxy groups -OCH3 is 1. The molecule has 0 spiro atoms. The minimum Gasteiger partial charge on any atom is -0.468 e. The van der Waals surface area contributed by atoms with Crippen molar-refractivity contribution >= 4 is 17.7 Å². The van der Waals surface area contributed by atoms with E-state index in [2.05, 4.69) is 29.2 Å². The Hall–Kier alpha value is -3.77. The Kier molecular flexibility index (Phi) is 6.96. The lowest BCUT2D eigenvalue weighted by molar-refractivity contribution is -0.150. The second kappa shape index (κ2) is 10.5. The molecule has 1 amide bonds. The summed E-state index contributed by atoms with van der Waals surface area (Å²) in [6, 6.07) is 28.9. The number of rotatable bonds is 6. The van der Waals surface area contributed by atoms with E-state index in [9.17, 15) is 9.59 Å². The average molecular weight is 482 g/mol. The standard InChI is InChI=1S/C30H31N3O3/c1-21-31-26-18-19-32(28(30(35)36-2)24-16-10-5-11-17-24)20-25(26)29(34)33(21)27(22-12-6-3-7-13-22)23-14-8-4-9-15-23/h3-17,25-28H,18-20H2,1-2H3. The van der Waals surface area contributed by atoms with Gasteiger partial charge in [0, 0.05) is 13.1 Å². The summed E-state index contributed by atoms with van der Waals surface area (Å²) in [5, 5.41) is 0. The van der Waals surface area contributed by atoms with Crippen molar-refractivity contribution in [2.75, 3.05) is 20.2 Å². The molecule has 2 aliphatic heterocycles. The van der Waals surface area contributed by atoms with Crippen molar-refractivity contribution in [3.8, 4) is 0 Å². The summed E-state index contributed by atoms with van der Waals surface area (Å²) in [7, 11) is 1.41. The highest BCUT2D eigenvalue weighted by atomic mass is 16.5. The number of aliphatic imine (C=N–C) groups is 1. The molecule has 0 aromatic heterocycles. The maximum Gasteiger partial charge on any atom is 0.327 e. The first-order valence-corrected chi connectivity index (χ1v) is 12.4. The van der Waals surface area contributed by atoms with Crippen molar-refractivity contribution in [3.63, 3.8) is 0 Å². The van der Waals surface area contributed by atoms with Crippen LogP contribution < -0.4 is 0 Å². The fourth-order valence-electron chi connectivity index (χ4n) is 5.56. The van der Waals surface area contributed by atoms with E-state index in [-0.39, 0.29) is 29.9 Å². The fraction of sp³-hybridized carbons (Fsp3) is 0.300. The zero-order chi connectivity index (χ0) is 25.1. The van der Waals surface area contributed by atoms with Crippen molar-refractivity contribution in [1.82, 2.24) is 9.80 Å². The van der Waals surface area contributed by atoms with Crippen LogP contribution in [0.4, 0.5) is 0 Å². The van der Waals surface area contributed by atoms with Gasteiger partial charge in [-0.15, -0.1) is 0 Å². The van der Waals surface area contributed by atoms with Crippen molar-refractivity contribution in [3.05, 3.63) is 108 Å². The number of hydrogen-bond donors (Lipinski definition) is 0. The van der Waals surface area contributed by atoms with E-state index in [1.54, 1.807) is 0 Å². The van der Waals surface area contributed by atoms with Crippen LogP contribution in [-0.4, -0.2) is 53.8 Å². The summed E-state index contributed by atoms with van der Waals surface area (Å²) < 4.78 is 5.17. The minimum absolute atomic E-state index is 0.0478. The number of carbonyl (C=O) groups is 2. The molecule has 5 rings (SSSR count). The third-order valence-corrected chi connectivity index (χ3v) is 7.26. The number of piperidine rings is 1. The maximum atomic E-state index is 14.2. The van der Waals surface area contributed by atoms with Gasteiger partial charge < -0.3 is 4.74 Å². The van der Waals surface area contributed by atoms with Crippen LogP contribution in [0, 0.1) is 5.92 Å². The third-order valence-electron chi connectivity index (χ3n) is 7.26. The number of amidine groups is 1. The number of hydrogen-bond acceptors (Lipinski definition) is 5. The largest absolute Gasteiger partial charge is 0.468 e. The molecule has 36 heavy (non-hydrogen) atoms. The minimum atomic E-state index is -0.551. The van der Waals surface area contributed by atoms with E-state index >= 15 is 0 Å². The number of fused-ring (bicyclic) bond motifs is 1. The molecule has 6 nitrogen and oxygen atoms in total. The summed E-state index contributed by atoms with van der Waals surface area (Å²) in [5.41, 5.74) is 2.94. The van der Waals surface area contributed by atoms with E-state index in [1.165, 1.54) is 7.11 Å². The molecule has 3 aromatic rings. The highest BCUT2D eigenvalue weighted by Crippen LogP contribution is 2.37. The normalized spacial score (nSPS) is 21.0. The Morgan fingerprint density at radius 3 is 1.94 bits per heavy atom. The zero-order valence-corrected chi connectivity index (χ0v) is 20.7. The van der Waals surface area contributed by atoms with Gasteiger partial charge in [0.2, 0.25) is 5.91 Å². The second-order valence-corrected chi connectivity index (χ2v) is 9.40. The first kappa shape index (κ1) is 23.9. The molecule has 184 valence electrons. The summed E-state index contributed by atoms with van der Waals surface area (Å²) >= 11 is 0. The van der Waals surface area contributed by atoms with Crippen molar-refractivity contribution in [1.29, 1.82) is 0 Å². The topological polar surface area (TPSA) is 62.2 Å². The summed E-state index contributed by atoms with van der Waals surface area (Å²) in [4.78, 5) is 36.0. The lowest BCUT2D eigenvalue weighted by Gasteiger charge is -2.45. The Morgan fingerprint density at radius 2 is 1.42 bits per heavy atom. The number of ether oxygens (including phenoxy) is 1. The van der Waals surface area contributed by atoms with Gasteiger partial charge in [-0.1, -0.05) is 91.0 Å². The van der Waals surface area contributed by atoms with Crippen LogP contribution in [0.2, 0.25) is 0 Å². The smallest absolute Gasteiger partial charge is 0.327 e. The highest BCUT2D eigenvalue weighted by molar-refractivity contribution is 6.01. The van der Waals surface area contributed by atoms with Crippen LogP contribution in [0.3, 0.4) is 0 Å². The van der Waals surface area contributed by atoms with Gasteiger partial charge in [-0.25, -0.2) is 4.79 Å². The van der Waals surface area contributed by atoms with Crippen molar-refractivity contribution in [2.45, 2.75) is 31.5 Å². The van der Waals surface area contributed by atoms with Crippen molar-refractivity contribution in [2.24, 2.45) is 10.9 Å². The number of amides is 1. The lowest BCUT2D eigenvalue weighted by atomic mass is 9.86. The molecule has 0 bridgehead atoms. The Balaban J connectivity index is 1.49. The molecule has 1 saturated heterocycles. The first-order valence-electron chi connectivity index (χ1n) is 12.4. The van der Waals surface area contributed by atoms with Crippen LogP contribution in [0.15, 0.2) is 96.0 Å². The SMILES string of the molecule is COC(=O)C(c1ccccc1)N1CCC2N=C(C)N(C(c3ccccc3)c3ccccc3)C(=O)C2C1. The summed E-state index contributed by atoms with van der Waals surface area (Å²) in [5.74, 6) is 0.130. The van der Waals surface area contributed by atoms with Crippen LogP contribution in [-0.2, 0) is 14.3 Å². The van der Waals surface area contributed by atoms with Gasteiger partial charge >= 0.3 is 5.97 Å². The molecule has 0 aliphatic carbocycles. The molecule has 3 aromatic carbocycles. The fourth-order valence-corrected chi connectivity index (χ4v) is 5.56. The Bertz CT molecular complexity index is 1190. The van der Waals surface area contributed by atoms with Gasteiger partial charge in [0.25, 0.3) is 0 Å².